The molecule has 3 aromatic rings. The van der Waals surface area contributed by atoms with Crippen molar-refractivity contribution in [3.05, 3.63) is 59.5 Å². The van der Waals surface area contributed by atoms with Gasteiger partial charge in [-0.15, -0.1) is 0 Å². The predicted octanol–water partition coefficient (Wildman–Crippen LogP) is 3.93. The van der Waals surface area contributed by atoms with Crippen LogP contribution in [-0.4, -0.2) is 44.1 Å². The summed E-state index contributed by atoms with van der Waals surface area (Å²) in [7, 11) is 0. The minimum atomic E-state index is -0.380. The average molecular weight is 437 g/mol. The lowest BCUT2D eigenvalue weighted by Crippen LogP contribution is -2.33. The Hall–Kier alpha value is -3.62. The third-order valence-corrected chi connectivity index (χ3v) is 5.49. The molecule has 2 atom stereocenters. The quantitative estimate of drug-likeness (QED) is 0.542. The smallest absolute Gasteiger partial charge is 0.407 e. The van der Waals surface area contributed by atoms with E-state index < -0.39 is 0 Å². The number of anilines is 1. The molecule has 2 heterocycles. The van der Waals surface area contributed by atoms with Gasteiger partial charge in [0.05, 0.1) is 17.4 Å². The predicted molar refractivity (Wildman–Crippen MR) is 120 cm³/mol. The molecular weight excluding hydrogens is 408 g/mol. The van der Waals surface area contributed by atoms with E-state index in [1.807, 2.05) is 51.1 Å². The molecule has 1 aliphatic carbocycles. The van der Waals surface area contributed by atoms with Crippen molar-refractivity contribution in [3.8, 4) is 5.69 Å². The largest absolute Gasteiger partial charge is 0.446 e. The van der Waals surface area contributed by atoms with Crippen LogP contribution in [0.25, 0.3) is 5.69 Å². The summed E-state index contributed by atoms with van der Waals surface area (Å²) in [5, 5.41) is 17.1. The molecule has 9 heteroatoms. The number of H-pyrrole nitrogens is 1. The number of carbonyl (C=O) groups excluding carboxylic acids is 2. The van der Waals surface area contributed by atoms with Gasteiger partial charge in [-0.25, -0.2) is 9.48 Å². The SMILES string of the molecule is Cc1ccc(-n2cc(C(=O)Nc3cc([C@H]4CC[C@@H](OC(=O)NC(C)C)C4)[nH]n3)cn2)cc1. The van der Waals surface area contributed by atoms with Crippen molar-refractivity contribution in [2.75, 3.05) is 5.32 Å². The number of ether oxygens (including phenoxy) is 1. The highest BCUT2D eigenvalue weighted by atomic mass is 16.6. The van der Waals surface area contributed by atoms with Crippen LogP contribution in [0, 0.1) is 6.92 Å². The highest BCUT2D eigenvalue weighted by Gasteiger charge is 2.30. The molecule has 1 saturated carbocycles. The van der Waals surface area contributed by atoms with Crippen molar-refractivity contribution in [3.63, 3.8) is 0 Å². The van der Waals surface area contributed by atoms with Crippen LogP contribution >= 0.6 is 0 Å². The Balaban J connectivity index is 1.33. The Morgan fingerprint density at radius 3 is 2.75 bits per heavy atom. The number of carbonyl (C=O) groups is 2. The fourth-order valence-corrected chi connectivity index (χ4v) is 3.83. The standard InChI is InChI=1S/C23H28N6O3/c1-14(2)25-23(31)32-19-9-6-16(10-19)20-11-21(28-27-20)26-22(30)17-12-24-29(13-17)18-7-4-15(3)5-8-18/h4-5,7-8,11-14,16,19H,6,9-10H2,1-3H3,(H,25,31)(H2,26,27,28,30)/t16-,19+/m0/s1. The van der Waals surface area contributed by atoms with E-state index in [2.05, 4.69) is 25.9 Å². The first-order valence-electron chi connectivity index (χ1n) is 10.8. The normalized spacial score (nSPS) is 18.0. The first kappa shape index (κ1) is 21.6. The lowest BCUT2D eigenvalue weighted by molar-refractivity contribution is 0.0979. The summed E-state index contributed by atoms with van der Waals surface area (Å²) >= 11 is 0. The van der Waals surface area contributed by atoms with Gasteiger partial charge in [0.15, 0.2) is 5.82 Å². The van der Waals surface area contributed by atoms with Gasteiger partial charge in [-0.2, -0.15) is 10.2 Å². The van der Waals surface area contributed by atoms with Crippen molar-refractivity contribution in [1.29, 1.82) is 0 Å². The van der Waals surface area contributed by atoms with Crippen LogP contribution in [0.1, 0.15) is 60.6 Å². The number of benzene rings is 1. The van der Waals surface area contributed by atoms with E-state index in [1.54, 1.807) is 10.9 Å². The lowest BCUT2D eigenvalue weighted by atomic mass is 10.0. The van der Waals surface area contributed by atoms with E-state index in [-0.39, 0.29) is 30.1 Å². The van der Waals surface area contributed by atoms with Crippen LogP contribution in [0.5, 0.6) is 0 Å². The molecule has 32 heavy (non-hydrogen) atoms. The van der Waals surface area contributed by atoms with Crippen LogP contribution in [0.2, 0.25) is 0 Å². The maximum absolute atomic E-state index is 12.6. The van der Waals surface area contributed by atoms with Crippen molar-refractivity contribution in [1.82, 2.24) is 25.3 Å². The topological polar surface area (TPSA) is 114 Å². The molecule has 0 aliphatic heterocycles. The minimum Gasteiger partial charge on any atom is -0.446 e. The Bertz CT molecular complexity index is 1090. The number of nitrogens with zero attached hydrogens (tertiary/aromatic N) is 3. The molecule has 0 bridgehead atoms. The lowest BCUT2D eigenvalue weighted by Gasteiger charge is -2.14. The number of hydrogen-bond acceptors (Lipinski definition) is 5. The molecule has 0 spiro atoms. The maximum atomic E-state index is 12.6. The van der Waals surface area contributed by atoms with Crippen molar-refractivity contribution in [2.45, 2.75) is 58.1 Å². The number of alkyl carbamates (subject to hydrolysis) is 1. The van der Waals surface area contributed by atoms with Crippen LogP contribution in [0.15, 0.2) is 42.7 Å². The van der Waals surface area contributed by atoms with Gasteiger partial charge < -0.3 is 15.4 Å². The van der Waals surface area contributed by atoms with Gasteiger partial charge in [0.25, 0.3) is 5.91 Å². The monoisotopic (exact) mass is 436 g/mol. The third kappa shape index (κ3) is 5.16. The molecule has 0 radical (unpaired) electrons. The van der Waals surface area contributed by atoms with Gasteiger partial charge in [0, 0.05) is 29.9 Å². The maximum Gasteiger partial charge on any atom is 0.407 e. The first-order valence-corrected chi connectivity index (χ1v) is 10.8. The number of nitrogens with one attached hydrogen (secondary N) is 3. The molecule has 4 rings (SSSR count). The zero-order valence-corrected chi connectivity index (χ0v) is 18.5. The molecule has 2 amide bonds. The fourth-order valence-electron chi connectivity index (χ4n) is 3.83. The number of aromatic nitrogens is 4. The average Bonchev–Trinajstić information content (AvgIpc) is 3.48. The molecule has 9 nitrogen and oxygen atoms in total. The van der Waals surface area contributed by atoms with Gasteiger partial charge in [0.2, 0.25) is 0 Å². The molecule has 1 aromatic carbocycles. The van der Waals surface area contributed by atoms with E-state index in [4.69, 9.17) is 4.74 Å². The molecule has 168 valence electrons. The van der Waals surface area contributed by atoms with Crippen LogP contribution < -0.4 is 10.6 Å². The van der Waals surface area contributed by atoms with E-state index in [0.717, 1.165) is 36.2 Å². The van der Waals surface area contributed by atoms with E-state index in [0.29, 0.717) is 11.4 Å². The van der Waals surface area contributed by atoms with Crippen LogP contribution in [-0.2, 0) is 4.74 Å². The van der Waals surface area contributed by atoms with Crippen molar-refractivity contribution < 1.29 is 14.3 Å². The number of aryl methyl sites for hydroxylation is 1. The van der Waals surface area contributed by atoms with Gasteiger partial charge >= 0.3 is 6.09 Å². The highest BCUT2D eigenvalue weighted by molar-refractivity contribution is 6.03. The summed E-state index contributed by atoms with van der Waals surface area (Å²) in [5.74, 6) is 0.378. The Labute approximate surface area is 186 Å². The number of amides is 2. The number of aromatic amines is 1. The van der Waals surface area contributed by atoms with Crippen molar-refractivity contribution in [2.24, 2.45) is 0 Å². The van der Waals surface area contributed by atoms with E-state index in [9.17, 15) is 9.59 Å². The summed E-state index contributed by atoms with van der Waals surface area (Å²) in [4.78, 5) is 24.4. The number of hydrogen-bond donors (Lipinski definition) is 3. The summed E-state index contributed by atoms with van der Waals surface area (Å²) < 4.78 is 7.15. The molecule has 2 aromatic heterocycles. The fraction of sp³-hybridized carbons (Fsp3) is 0.391. The third-order valence-electron chi connectivity index (χ3n) is 5.49. The molecule has 1 fully saturated rings. The highest BCUT2D eigenvalue weighted by Crippen LogP contribution is 2.35. The van der Waals surface area contributed by atoms with Gasteiger partial charge in [0.1, 0.15) is 6.10 Å². The van der Waals surface area contributed by atoms with Gasteiger partial charge in [-0.3, -0.25) is 9.89 Å². The molecule has 0 saturated heterocycles. The second kappa shape index (κ2) is 9.25. The molecule has 3 N–H and O–H groups in total. The van der Waals surface area contributed by atoms with E-state index in [1.165, 1.54) is 6.20 Å². The zero-order chi connectivity index (χ0) is 22.7. The van der Waals surface area contributed by atoms with E-state index >= 15 is 0 Å². The second-order valence-corrected chi connectivity index (χ2v) is 8.51. The summed E-state index contributed by atoms with van der Waals surface area (Å²) in [6, 6.07) is 9.78. The van der Waals surface area contributed by atoms with Gasteiger partial charge in [-0.1, -0.05) is 17.7 Å². The van der Waals surface area contributed by atoms with Crippen LogP contribution in [0.4, 0.5) is 10.6 Å². The summed E-state index contributed by atoms with van der Waals surface area (Å²) in [6.07, 6.45) is 5.14. The molecular formula is C23H28N6O3. The Morgan fingerprint density at radius 1 is 1.22 bits per heavy atom. The van der Waals surface area contributed by atoms with Crippen molar-refractivity contribution >= 4 is 17.8 Å². The zero-order valence-electron chi connectivity index (χ0n) is 18.5. The minimum absolute atomic E-state index is 0.0440. The number of rotatable bonds is 6. The van der Waals surface area contributed by atoms with Gasteiger partial charge in [-0.05, 0) is 52.2 Å². The second-order valence-electron chi connectivity index (χ2n) is 8.51. The first-order chi connectivity index (χ1) is 15.4. The Kier molecular flexibility index (Phi) is 6.25. The summed E-state index contributed by atoms with van der Waals surface area (Å²) in [6.45, 7) is 5.81. The van der Waals surface area contributed by atoms with Crippen LogP contribution in [0.3, 0.4) is 0 Å². The molecule has 0 unspecified atom stereocenters. The Morgan fingerprint density at radius 2 is 2.00 bits per heavy atom. The molecule has 1 aliphatic rings. The summed E-state index contributed by atoms with van der Waals surface area (Å²) in [5.41, 5.74) is 3.41.